The maximum Gasteiger partial charge on any atom is 0.416 e. The van der Waals surface area contributed by atoms with Crippen LogP contribution in [0, 0.1) is 6.92 Å². The molecular weight excluding hydrogens is 469 g/mol. The summed E-state index contributed by atoms with van der Waals surface area (Å²) in [5, 5.41) is 3.03. The van der Waals surface area contributed by atoms with Gasteiger partial charge in [-0.2, -0.15) is 13.2 Å². The van der Waals surface area contributed by atoms with Gasteiger partial charge in [-0.3, -0.25) is 4.72 Å². The monoisotopic (exact) mass is 488 g/mol. The first-order chi connectivity index (χ1) is 16.0. The minimum absolute atomic E-state index is 0.0712. The molecular formula is C23H19F3N4O3S. The van der Waals surface area contributed by atoms with Crippen LogP contribution in [0.3, 0.4) is 0 Å². The highest BCUT2D eigenvalue weighted by atomic mass is 32.2. The molecule has 0 fully saturated rings. The molecule has 0 aliphatic carbocycles. The summed E-state index contributed by atoms with van der Waals surface area (Å²) >= 11 is 0. The van der Waals surface area contributed by atoms with Gasteiger partial charge in [-0.15, -0.1) is 0 Å². The Kier molecular flexibility index (Phi) is 6.05. The number of rotatable bonds is 6. The van der Waals surface area contributed by atoms with E-state index in [-0.39, 0.29) is 11.6 Å². The van der Waals surface area contributed by atoms with Crippen LogP contribution >= 0.6 is 0 Å². The third-order valence-electron chi connectivity index (χ3n) is 4.82. The number of nitrogens with one attached hydrogen (secondary N) is 2. The zero-order valence-electron chi connectivity index (χ0n) is 18.0. The molecule has 176 valence electrons. The van der Waals surface area contributed by atoms with Crippen LogP contribution in [0.1, 0.15) is 11.1 Å². The number of methoxy groups -OCH3 is 1. The highest BCUT2D eigenvalue weighted by molar-refractivity contribution is 7.92. The quantitative estimate of drug-likeness (QED) is 0.372. The van der Waals surface area contributed by atoms with Gasteiger partial charge in [0.15, 0.2) is 11.6 Å². The minimum Gasteiger partial charge on any atom is -0.497 e. The Hall–Kier alpha value is -3.86. The third kappa shape index (κ3) is 5.04. The summed E-state index contributed by atoms with van der Waals surface area (Å²) in [4.78, 5) is 8.26. The van der Waals surface area contributed by atoms with E-state index in [1.807, 2.05) is 13.0 Å². The number of hydrogen-bond acceptors (Lipinski definition) is 6. The Morgan fingerprint density at radius 3 is 2.21 bits per heavy atom. The van der Waals surface area contributed by atoms with Gasteiger partial charge in [0.2, 0.25) is 0 Å². The van der Waals surface area contributed by atoms with Crippen molar-refractivity contribution in [3.63, 3.8) is 0 Å². The highest BCUT2D eigenvalue weighted by Gasteiger charge is 2.32. The van der Waals surface area contributed by atoms with Gasteiger partial charge in [0.1, 0.15) is 5.75 Å². The smallest absolute Gasteiger partial charge is 0.416 e. The normalized spacial score (nSPS) is 11.9. The fourth-order valence-electron chi connectivity index (χ4n) is 3.26. The van der Waals surface area contributed by atoms with Crippen LogP contribution in [0.15, 0.2) is 71.6 Å². The van der Waals surface area contributed by atoms with Gasteiger partial charge in [-0.05, 0) is 55.0 Å². The van der Waals surface area contributed by atoms with E-state index in [4.69, 9.17) is 4.74 Å². The van der Waals surface area contributed by atoms with E-state index in [2.05, 4.69) is 20.0 Å². The first-order valence-corrected chi connectivity index (χ1v) is 11.4. The van der Waals surface area contributed by atoms with Crippen molar-refractivity contribution in [1.82, 2.24) is 9.97 Å². The number of para-hydroxylation sites is 2. The zero-order chi connectivity index (χ0) is 24.5. The second kappa shape index (κ2) is 8.82. The predicted molar refractivity (Wildman–Crippen MR) is 123 cm³/mol. The zero-order valence-corrected chi connectivity index (χ0v) is 18.8. The number of alkyl halides is 3. The van der Waals surface area contributed by atoms with Crippen molar-refractivity contribution < 1.29 is 26.3 Å². The molecule has 0 saturated heterocycles. The largest absolute Gasteiger partial charge is 0.497 e. The number of halogens is 3. The van der Waals surface area contributed by atoms with Crippen LogP contribution in [0.4, 0.5) is 30.5 Å². The molecule has 3 aromatic carbocycles. The molecule has 0 bridgehead atoms. The lowest BCUT2D eigenvalue weighted by atomic mass is 10.2. The summed E-state index contributed by atoms with van der Waals surface area (Å²) in [7, 11) is -2.90. The van der Waals surface area contributed by atoms with Gasteiger partial charge in [0.25, 0.3) is 10.0 Å². The molecule has 0 radical (unpaired) electrons. The van der Waals surface area contributed by atoms with E-state index >= 15 is 0 Å². The second-order valence-corrected chi connectivity index (χ2v) is 9.09. The highest BCUT2D eigenvalue weighted by Crippen LogP contribution is 2.32. The van der Waals surface area contributed by atoms with E-state index in [9.17, 15) is 21.6 Å². The Morgan fingerprint density at radius 2 is 1.56 bits per heavy atom. The molecule has 0 aliphatic rings. The molecule has 1 aromatic heterocycles. The number of hydrogen-bond donors (Lipinski definition) is 2. The second-order valence-electron chi connectivity index (χ2n) is 7.40. The third-order valence-corrected chi connectivity index (χ3v) is 6.16. The summed E-state index contributed by atoms with van der Waals surface area (Å²) in [5.74, 6) is 0.473. The average molecular weight is 488 g/mol. The molecule has 0 spiro atoms. The van der Waals surface area contributed by atoms with Crippen molar-refractivity contribution in [3.8, 4) is 5.75 Å². The standard InChI is InChI=1S/C23H19F3N4O3S/c1-14-10-16(13-17(11-14)33-2)27-21-22(29-20-9-4-3-8-19(20)28-21)30-34(31,32)18-7-5-6-15(12-18)23(24,25)26/h3-13H,1-2H3,(H,27,28)(H,29,30). The summed E-state index contributed by atoms with van der Waals surface area (Å²) in [6.07, 6.45) is -4.69. The van der Waals surface area contributed by atoms with Crippen LogP contribution in [-0.4, -0.2) is 25.5 Å². The number of benzene rings is 3. The lowest BCUT2D eigenvalue weighted by Gasteiger charge is -2.15. The minimum atomic E-state index is -4.69. The number of aromatic nitrogens is 2. The summed E-state index contributed by atoms with van der Waals surface area (Å²) < 4.78 is 72.8. The SMILES string of the molecule is COc1cc(C)cc(Nc2nc3ccccc3nc2NS(=O)(=O)c2cccc(C(F)(F)F)c2)c1. The van der Waals surface area contributed by atoms with E-state index in [0.29, 0.717) is 28.5 Å². The number of nitrogens with zero attached hydrogens (tertiary/aromatic N) is 2. The van der Waals surface area contributed by atoms with Crippen LogP contribution in [-0.2, 0) is 16.2 Å². The predicted octanol–water partition coefficient (Wildman–Crippen LogP) is 5.51. The van der Waals surface area contributed by atoms with E-state index in [1.54, 1.807) is 36.4 Å². The fraction of sp³-hybridized carbons (Fsp3) is 0.130. The van der Waals surface area contributed by atoms with Gasteiger partial charge in [0, 0.05) is 11.8 Å². The lowest BCUT2D eigenvalue weighted by Crippen LogP contribution is -2.17. The van der Waals surface area contributed by atoms with Gasteiger partial charge in [-0.25, -0.2) is 18.4 Å². The molecule has 0 aliphatic heterocycles. The van der Waals surface area contributed by atoms with Crippen LogP contribution in [0.2, 0.25) is 0 Å². The molecule has 4 aromatic rings. The van der Waals surface area contributed by atoms with Crippen molar-refractivity contribution in [2.75, 3.05) is 17.1 Å². The van der Waals surface area contributed by atoms with Crippen LogP contribution in [0.25, 0.3) is 11.0 Å². The number of ether oxygens (including phenoxy) is 1. The number of aryl methyl sites for hydroxylation is 1. The van der Waals surface area contributed by atoms with Gasteiger partial charge in [0.05, 0.1) is 28.6 Å². The molecule has 0 unspecified atom stereocenters. The molecule has 2 N–H and O–H groups in total. The molecule has 34 heavy (non-hydrogen) atoms. The molecule has 1 heterocycles. The Balaban J connectivity index is 1.78. The van der Waals surface area contributed by atoms with Gasteiger partial charge >= 0.3 is 6.18 Å². The fourth-order valence-corrected chi connectivity index (χ4v) is 4.31. The molecule has 0 atom stereocenters. The van der Waals surface area contributed by atoms with E-state index < -0.39 is 26.7 Å². The van der Waals surface area contributed by atoms with Crippen molar-refractivity contribution in [2.45, 2.75) is 18.0 Å². The molecule has 7 nitrogen and oxygen atoms in total. The van der Waals surface area contributed by atoms with Gasteiger partial charge in [-0.1, -0.05) is 18.2 Å². The van der Waals surface area contributed by atoms with E-state index in [1.165, 1.54) is 7.11 Å². The van der Waals surface area contributed by atoms with Gasteiger partial charge < -0.3 is 10.1 Å². The lowest BCUT2D eigenvalue weighted by molar-refractivity contribution is -0.137. The molecule has 4 rings (SSSR count). The average Bonchev–Trinajstić information content (AvgIpc) is 2.78. The van der Waals surface area contributed by atoms with Crippen LogP contribution < -0.4 is 14.8 Å². The number of anilines is 3. The number of sulfonamides is 1. The van der Waals surface area contributed by atoms with Crippen molar-refractivity contribution in [2.24, 2.45) is 0 Å². The Bertz CT molecular complexity index is 1470. The van der Waals surface area contributed by atoms with E-state index in [0.717, 1.165) is 23.8 Å². The summed E-state index contributed by atoms with van der Waals surface area (Å²) in [6, 6.07) is 15.6. The number of fused-ring (bicyclic) bond motifs is 1. The maximum atomic E-state index is 13.1. The first-order valence-electron chi connectivity index (χ1n) is 9.95. The van der Waals surface area contributed by atoms with Crippen LogP contribution in [0.5, 0.6) is 5.75 Å². The molecule has 0 saturated carbocycles. The van der Waals surface area contributed by atoms with Crippen molar-refractivity contribution >= 4 is 38.4 Å². The molecule has 0 amide bonds. The molecule has 11 heteroatoms. The van der Waals surface area contributed by atoms with Crippen molar-refractivity contribution in [1.29, 1.82) is 0 Å². The maximum absolute atomic E-state index is 13.1. The first kappa shape index (κ1) is 23.3. The Labute approximate surface area is 193 Å². The Morgan fingerprint density at radius 1 is 0.882 bits per heavy atom. The topological polar surface area (TPSA) is 93.2 Å². The summed E-state index contributed by atoms with van der Waals surface area (Å²) in [6.45, 7) is 1.86. The van der Waals surface area contributed by atoms with Crippen molar-refractivity contribution in [3.05, 3.63) is 77.9 Å². The summed E-state index contributed by atoms with van der Waals surface area (Å²) in [5.41, 5.74) is 1.25.